The molecule has 1 saturated carbocycles. The Hall–Kier alpha value is -2.55. The second kappa shape index (κ2) is 7.05. The van der Waals surface area contributed by atoms with Crippen LogP contribution < -0.4 is 10.6 Å². The largest absolute Gasteiger partial charge is 0.363 e. The maximum atomic E-state index is 8.95. The van der Waals surface area contributed by atoms with Crippen molar-refractivity contribution in [3.63, 3.8) is 0 Å². The van der Waals surface area contributed by atoms with Crippen molar-refractivity contribution in [1.29, 1.82) is 5.26 Å². The standard InChI is InChI=1S/C23H24ClN5/c24-16-7-8-21-19(11-16)27-22(29(21)10-4-3-9-25)14-28-15-23(12-17(26)13-23)18-5-1-2-6-20(18)28/h1-2,5-8,11,17H,3-4,10,12-15,26H2/t17-,23+. The van der Waals surface area contributed by atoms with Crippen LogP contribution in [0.25, 0.3) is 11.0 Å². The first-order chi connectivity index (χ1) is 14.1. The summed E-state index contributed by atoms with van der Waals surface area (Å²) < 4.78 is 2.25. The van der Waals surface area contributed by atoms with Gasteiger partial charge in [0.25, 0.3) is 0 Å². The Bertz CT molecular complexity index is 1110. The number of imidazole rings is 1. The van der Waals surface area contributed by atoms with E-state index in [1.807, 2.05) is 18.2 Å². The van der Waals surface area contributed by atoms with Gasteiger partial charge in [0.15, 0.2) is 0 Å². The first-order valence-electron chi connectivity index (χ1n) is 10.2. The lowest BCUT2D eigenvalue weighted by molar-refractivity contribution is 0.220. The van der Waals surface area contributed by atoms with Gasteiger partial charge >= 0.3 is 0 Å². The van der Waals surface area contributed by atoms with Gasteiger partial charge in [-0.2, -0.15) is 5.26 Å². The van der Waals surface area contributed by atoms with E-state index in [-0.39, 0.29) is 5.41 Å². The van der Waals surface area contributed by atoms with Crippen LogP contribution in [-0.4, -0.2) is 22.1 Å². The van der Waals surface area contributed by atoms with Crippen LogP contribution in [0.2, 0.25) is 5.02 Å². The number of aryl methyl sites for hydroxylation is 1. The number of halogens is 1. The molecule has 2 aliphatic rings. The van der Waals surface area contributed by atoms with E-state index in [1.165, 1.54) is 11.3 Å². The van der Waals surface area contributed by atoms with Crippen molar-refractivity contribution < 1.29 is 0 Å². The van der Waals surface area contributed by atoms with Crippen LogP contribution in [0.4, 0.5) is 5.69 Å². The molecule has 0 bridgehead atoms. The van der Waals surface area contributed by atoms with Crippen molar-refractivity contribution in [2.24, 2.45) is 5.73 Å². The number of nitrogens with zero attached hydrogens (tertiary/aromatic N) is 4. The molecule has 0 unspecified atom stereocenters. The summed E-state index contributed by atoms with van der Waals surface area (Å²) in [5, 5.41) is 9.65. The number of benzene rings is 2. The molecule has 0 amide bonds. The molecular weight excluding hydrogens is 382 g/mol. The van der Waals surface area contributed by atoms with Gasteiger partial charge in [0.2, 0.25) is 0 Å². The van der Waals surface area contributed by atoms with Crippen LogP contribution in [-0.2, 0) is 18.5 Å². The minimum absolute atomic E-state index is 0.191. The predicted molar refractivity (Wildman–Crippen MR) is 116 cm³/mol. The van der Waals surface area contributed by atoms with Gasteiger partial charge in [0, 0.05) is 41.7 Å². The topological polar surface area (TPSA) is 70.9 Å². The highest BCUT2D eigenvalue weighted by molar-refractivity contribution is 6.31. The van der Waals surface area contributed by atoms with E-state index >= 15 is 0 Å². The summed E-state index contributed by atoms with van der Waals surface area (Å²) in [6, 6.07) is 17.1. The Morgan fingerprint density at radius 2 is 2.07 bits per heavy atom. The molecule has 1 fully saturated rings. The van der Waals surface area contributed by atoms with Crippen molar-refractivity contribution in [3.8, 4) is 6.07 Å². The Morgan fingerprint density at radius 3 is 2.86 bits per heavy atom. The lowest BCUT2D eigenvalue weighted by Crippen LogP contribution is -2.51. The van der Waals surface area contributed by atoms with Gasteiger partial charge in [0.05, 0.1) is 23.6 Å². The molecule has 2 heterocycles. The van der Waals surface area contributed by atoms with Gasteiger partial charge in [0.1, 0.15) is 5.82 Å². The Labute approximate surface area is 175 Å². The van der Waals surface area contributed by atoms with Crippen LogP contribution in [0.5, 0.6) is 0 Å². The maximum Gasteiger partial charge on any atom is 0.129 e. The highest BCUT2D eigenvalue weighted by Gasteiger charge is 2.50. The van der Waals surface area contributed by atoms with Crippen molar-refractivity contribution in [2.45, 2.75) is 50.2 Å². The number of aromatic nitrogens is 2. The summed E-state index contributed by atoms with van der Waals surface area (Å²) >= 11 is 6.21. The van der Waals surface area contributed by atoms with Crippen molar-refractivity contribution in [1.82, 2.24) is 9.55 Å². The predicted octanol–water partition coefficient (Wildman–Crippen LogP) is 4.37. The van der Waals surface area contributed by atoms with Crippen molar-refractivity contribution in [3.05, 3.63) is 58.9 Å². The average Bonchev–Trinajstić information content (AvgIpc) is 3.18. The molecule has 1 aliphatic heterocycles. The van der Waals surface area contributed by atoms with Crippen LogP contribution in [0.1, 0.15) is 37.1 Å². The smallest absolute Gasteiger partial charge is 0.129 e. The van der Waals surface area contributed by atoms with Gasteiger partial charge in [-0.3, -0.25) is 0 Å². The summed E-state index contributed by atoms with van der Waals surface area (Å²) in [4.78, 5) is 7.37. The molecular formula is C23H24ClN5. The number of hydrogen-bond donors (Lipinski definition) is 1. The van der Waals surface area contributed by atoms with Crippen molar-refractivity contribution >= 4 is 28.3 Å². The zero-order valence-electron chi connectivity index (χ0n) is 16.3. The summed E-state index contributed by atoms with van der Waals surface area (Å²) in [6.07, 6.45) is 3.45. The molecule has 0 atom stereocenters. The van der Waals surface area contributed by atoms with Gasteiger partial charge in [-0.1, -0.05) is 29.8 Å². The first-order valence-corrected chi connectivity index (χ1v) is 10.6. The van der Waals surface area contributed by atoms with Gasteiger partial charge in [-0.25, -0.2) is 4.98 Å². The molecule has 2 aromatic carbocycles. The number of nitriles is 1. The third kappa shape index (κ3) is 3.08. The SMILES string of the molecule is N#CCCCn1c(CN2C[C@]3(C[C@H](N)C3)c3ccccc32)nc2cc(Cl)ccc21. The molecule has 5 nitrogen and oxygen atoms in total. The fraction of sp³-hybridized carbons (Fsp3) is 0.391. The lowest BCUT2D eigenvalue weighted by Gasteiger charge is -2.44. The lowest BCUT2D eigenvalue weighted by atomic mass is 9.63. The molecule has 1 aliphatic carbocycles. The van der Waals surface area contributed by atoms with E-state index in [0.29, 0.717) is 17.5 Å². The van der Waals surface area contributed by atoms with E-state index < -0.39 is 0 Å². The minimum Gasteiger partial charge on any atom is -0.363 e. The Morgan fingerprint density at radius 1 is 1.24 bits per heavy atom. The minimum atomic E-state index is 0.191. The van der Waals surface area contributed by atoms with Gasteiger partial charge in [-0.05, 0) is 49.1 Å². The van der Waals surface area contributed by atoms with E-state index in [4.69, 9.17) is 27.6 Å². The second-order valence-corrected chi connectivity index (χ2v) is 8.83. The molecule has 5 rings (SSSR count). The zero-order valence-corrected chi connectivity index (χ0v) is 17.1. The molecule has 29 heavy (non-hydrogen) atoms. The number of anilines is 1. The highest BCUT2D eigenvalue weighted by atomic mass is 35.5. The van der Waals surface area contributed by atoms with Crippen LogP contribution in [0.15, 0.2) is 42.5 Å². The summed E-state index contributed by atoms with van der Waals surface area (Å²) in [5.74, 6) is 1.02. The fourth-order valence-corrected chi connectivity index (χ4v) is 5.34. The van der Waals surface area contributed by atoms with Gasteiger partial charge < -0.3 is 15.2 Å². The molecule has 148 valence electrons. The molecule has 1 aromatic heterocycles. The average molecular weight is 406 g/mol. The number of fused-ring (bicyclic) bond motifs is 3. The Balaban J connectivity index is 1.50. The normalized spacial score (nSPS) is 22.7. The number of unbranched alkanes of at least 4 members (excludes halogenated alkanes) is 1. The highest BCUT2D eigenvalue weighted by Crippen LogP contribution is 2.52. The Kier molecular flexibility index (Phi) is 4.49. The van der Waals surface area contributed by atoms with Crippen LogP contribution >= 0.6 is 11.6 Å². The summed E-state index contributed by atoms with van der Waals surface area (Å²) in [7, 11) is 0. The van der Waals surface area contributed by atoms with E-state index in [1.54, 1.807) is 0 Å². The van der Waals surface area contributed by atoms with Crippen LogP contribution in [0.3, 0.4) is 0 Å². The number of hydrogen-bond acceptors (Lipinski definition) is 4. The van der Waals surface area contributed by atoms with Crippen LogP contribution in [0, 0.1) is 11.3 Å². The van der Waals surface area contributed by atoms with Crippen molar-refractivity contribution in [2.75, 3.05) is 11.4 Å². The molecule has 0 saturated heterocycles. The number of para-hydroxylation sites is 1. The molecule has 2 N–H and O–H groups in total. The zero-order chi connectivity index (χ0) is 20.0. The van der Waals surface area contributed by atoms with Gasteiger partial charge in [-0.15, -0.1) is 0 Å². The first kappa shape index (κ1) is 18.5. The second-order valence-electron chi connectivity index (χ2n) is 8.40. The third-order valence-corrected chi connectivity index (χ3v) is 6.64. The molecule has 6 heteroatoms. The molecule has 1 spiro atoms. The van der Waals surface area contributed by atoms with E-state index in [9.17, 15) is 0 Å². The molecule has 0 radical (unpaired) electrons. The summed E-state index contributed by atoms with van der Waals surface area (Å²) in [5.41, 5.74) is 11.1. The maximum absolute atomic E-state index is 8.95. The fourth-order valence-electron chi connectivity index (χ4n) is 5.18. The van der Waals surface area contributed by atoms with E-state index in [2.05, 4.69) is 39.8 Å². The monoisotopic (exact) mass is 405 g/mol. The quantitative estimate of drug-likeness (QED) is 0.639. The number of rotatable bonds is 5. The molecule has 3 aromatic rings. The number of nitrogens with two attached hydrogens (primary N) is 1. The summed E-state index contributed by atoms with van der Waals surface area (Å²) in [6.45, 7) is 2.52. The third-order valence-electron chi connectivity index (χ3n) is 6.41. The van der Waals surface area contributed by atoms with E-state index in [0.717, 1.165) is 55.8 Å².